The summed E-state index contributed by atoms with van der Waals surface area (Å²) < 4.78 is 6.97. The molecule has 1 atom stereocenters. The summed E-state index contributed by atoms with van der Waals surface area (Å²) in [6.45, 7) is 6.32. The second-order valence-electron chi connectivity index (χ2n) is 3.95. The Labute approximate surface area is 95.0 Å². The molecule has 1 rings (SSSR count). The van der Waals surface area contributed by atoms with E-state index in [0.717, 1.165) is 17.0 Å². The summed E-state index contributed by atoms with van der Waals surface area (Å²) in [6, 6.07) is 0. The molecule has 0 spiro atoms. The first-order valence-corrected chi connectivity index (χ1v) is 5.23. The zero-order valence-corrected chi connectivity index (χ0v) is 10.1. The summed E-state index contributed by atoms with van der Waals surface area (Å²) in [4.78, 5) is 10.7. The Bertz CT molecular complexity index is 385. The van der Waals surface area contributed by atoms with Gasteiger partial charge < -0.3 is 9.84 Å². The molecule has 0 aliphatic carbocycles. The highest BCUT2D eigenvalue weighted by atomic mass is 16.5. The van der Waals surface area contributed by atoms with E-state index >= 15 is 0 Å². The molecular weight excluding hydrogens is 208 g/mol. The van der Waals surface area contributed by atoms with E-state index in [1.165, 1.54) is 0 Å². The predicted octanol–water partition coefficient (Wildman–Crippen LogP) is 1.16. The highest BCUT2D eigenvalue weighted by molar-refractivity contribution is 5.70. The quantitative estimate of drug-likeness (QED) is 0.818. The highest BCUT2D eigenvalue weighted by Gasteiger charge is 2.15. The lowest BCUT2D eigenvalue weighted by atomic mass is 10.1. The molecule has 16 heavy (non-hydrogen) atoms. The van der Waals surface area contributed by atoms with Crippen LogP contribution in [0.2, 0.25) is 0 Å². The third-order valence-corrected chi connectivity index (χ3v) is 2.69. The molecule has 0 saturated carbocycles. The lowest BCUT2D eigenvalue weighted by molar-refractivity contribution is -0.136. The van der Waals surface area contributed by atoms with Crippen molar-refractivity contribution in [3.05, 3.63) is 17.0 Å². The van der Waals surface area contributed by atoms with Crippen molar-refractivity contribution < 1.29 is 14.6 Å². The van der Waals surface area contributed by atoms with Crippen LogP contribution in [0.3, 0.4) is 0 Å². The average molecular weight is 226 g/mol. The van der Waals surface area contributed by atoms with Crippen LogP contribution in [0.15, 0.2) is 0 Å². The number of aliphatic carboxylic acids is 1. The van der Waals surface area contributed by atoms with Crippen molar-refractivity contribution in [1.82, 2.24) is 9.78 Å². The van der Waals surface area contributed by atoms with E-state index in [1.807, 2.05) is 25.5 Å². The fourth-order valence-electron chi connectivity index (χ4n) is 1.64. The van der Waals surface area contributed by atoms with Crippen LogP contribution in [0.1, 0.15) is 23.9 Å². The summed E-state index contributed by atoms with van der Waals surface area (Å²) >= 11 is 0. The molecule has 0 fully saturated rings. The van der Waals surface area contributed by atoms with Crippen LogP contribution in [0.25, 0.3) is 0 Å². The number of ether oxygens (including phenoxy) is 1. The number of nitrogens with zero attached hydrogens (tertiary/aromatic N) is 2. The molecule has 1 heterocycles. The molecule has 1 aromatic heterocycles. The van der Waals surface area contributed by atoms with Crippen molar-refractivity contribution >= 4 is 5.97 Å². The molecule has 0 radical (unpaired) electrons. The van der Waals surface area contributed by atoms with E-state index in [9.17, 15) is 4.79 Å². The molecule has 1 aromatic rings. The Morgan fingerprint density at radius 1 is 1.56 bits per heavy atom. The zero-order valence-electron chi connectivity index (χ0n) is 10.1. The number of carboxylic acid groups (broad SMARTS) is 1. The third-order valence-electron chi connectivity index (χ3n) is 2.69. The summed E-state index contributed by atoms with van der Waals surface area (Å²) in [5.74, 6) is -0.828. The van der Waals surface area contributed by atoms with E-state index in [-0.39, 0.29) is 12.5 Å². The minimum absolute atomic E-state index is 0.0268. The Balaban J connectivity index is 2.92. The summed E-state index contributed by atoms with van der Waals surface area (Å²) in [5.41, 5.74) is 2.49. The number of methoxy groups -OCH3 is 1. The second kappa shape index (κ2) is 5.12. The Hall–Kier alpha value is -1.36. The van der Waals surface area contributed by atoms with Gasteiger partial charge in [-0.2, -0.15) is 5.10 Å². The monoisotopic (exact) mass is 226 g/mol. The van der Waals surface area contributed by atoms with Gasteiger partial charge >= 0.3 is 5.97 Å². The van der Waals surface area contributed by atoms with Crippen molar-refractivity contribution in [3.63, 3.8) is 0 Å². The van der Waals surface area contributed by atoms with Crippen molar-refractivity contribution in [2.45, 2.75) is 39.8 Å². The second-order valence-corrected chi connectivity index (χ2v) is 3.95. The van der Waals surface area contributed by atoms with Crippen molar-refractivity contribution in [2.24, 2.45) is 0 Å². The van der Waals surface area contributed by atoms with Crippen LogP contribution in [0, 0.1) is 13.8 Å². The number of hydrogen-bond acceptors (Lipinski definition) is 3. The first-order chi connectivity index (χ1) is 7.45. The van der Waals surface area contributed by atoms with Crippen LogP contribution in [0.4, 0.5) is 0 Å². The zero-order chi connectivity index (χ0) is 12.3. The van der Waals surface area contributed by atoms with Crippen molar-refractivity contribution in [1.29, 1.82) is 0 Å². The van der Waals surface area contributed by atoms with Gasteiger partial charge in [0.15, 0.2) is 0 Å². The van der Waals surface area contributed by atoms with E-state index in [4.69, 9.17) is 9.84 Å². The molecule has 5 nitrogen and oxygen atoms in total. The van der Waals surface area contributed by atoms with Crippen LogP contribution < -0.4 is 0 Å². The smallest absolute Gasteiger partial charge is 0.307 e. The SMILES string of the molecule is COC(C)Cn1nc(C)c(CC(=O)O)c1C. The standard InChI is InChI=1S/C11H18N2O3/c1-7(16-4)6-13-9(3)10(5-11(14)15)8(2)12-13/h7H,5-6H2,1-4H3,(H,14,15). The Morgan fingerprint density at radius 2 is 2.19 bits per heavy atom. The maximum atomic E-state index is 10.7. The van der Waals surface area contributed by atoms with E-state index in [2.05, 4.69) is 5.10 Å². The number of carboxylic acids is 1. The van der Waals surface area contributed by atoms with Gasteiger partial charge in [0.2, 0.25) is 0 Å². The lowest BCUT2D eigenvalue weighted by Gasteiger charge is -2.10. The molecule has 1 unspecified atom stereocenters. The highest BCUT2D eigenvalue weighted by Crippen LogP contribution is 2.14. The number of aromatic nitrogens is 2. The van der Waals surface area contributed by atoms with Gasteiger partial charge in [-0.3, -0.25) is 9.48 Å². The van der Waals surface area contributed by atoms with Gasteiger partial charge in [-0.25, -0.2) is 0 Å². The van der Waals surface area contributed by atoms with Crippen molar-refractivity contribution in [2.75, 3.05) is 7.11 Å². The maximum absolute atomic E-state index is 10.7. The molecule has 0 aromatic carbocycles. The lowest BCUT2D eigenvalue weighted by Crippen LogP contribution is -2.17. The molecule has 0 bridgehead atoms. The Kier molecular flexibility index (Phi) is 4.06. The number of rotatable bonds is 5. The third kappa shape index (κ3) is 2.82. The fraction of sp³-hybridized carbons (Fsp3) is 0.636. The summed E-state index contributed by atoms with van der Waals surface area (Å²) in [5, 5.41) is 13.1. The number of aryl methyl sites for hydroxylation is 1. The minimum Gasteiger partial charge on any atom is -0.481 e. The van der Waals surface area contributed by atoms with E-state index in [1.54, 1.807) is 7.11 Å². The fourth-order valence-corrected chi connectivity index (χ4v) is 1.64. The first kappa shape index (κ1) is 12.7. The topological polar surface area (TPSA) is 64.4 Å². The molecular formula is C11H18N2O3. The summed E-state index contributed by atoms with van der Waals surface area (Å²) in [7, 11) is 1.65. The van der Waals surface area contributed by atoms with Gasteiger partial charge in [-0.1, -0.05) is 0 Å². The number of hydrogen-bond donors (Lipinski definition) is 1. The average Bonchev–Trinajstić information content (AvgIpc) is 2.45. The van der Waals surface area contributed by atoms with Crippen molar-refractivity contribution in [3.8, 4) is 0 Å². The van der Waals surface area contributed by atoms with Gasteiger partial charge in [0.05, 0.1) is 24.8 Å². The molecule has 5 heteroatoms. The maximum Gasteiger partial charge on any atom is 0.307 e. The molecule has 0 aliphatic heterocycles. The molecule has 0 amide bonds. The largest absolute Gasteiger partial charge is 0.481 e. The van der Waals surface area contributed by atoms with Gasteiger partial charge in [0.25, 0.3) is 0 Å². The van der Waals surface area contributed by atoms with Crippen LogP contribution in [0.5, 0.6) is 0 Å². The predicted molar refractivity (Wildman–Crippen MR) is 59.5 cm³/mol. The van der Waals surface area contributed by atoms with Gasteiger partial charge in [0, 0.05) is 18.4 Å². The molecule has 0 saturated heterocycles. The van der Waals surface area contributed by atoms with Crippen LogP contribution in [-0.4, -0.2) is 34.1 Å². The minimum atomic E-state index is -0.828. The number of carbonyl (C=O) groups is 1. The van der Waals surface area contributed by atoms with Crippen LogP contribution >= 0.6 is 0 Å². The van der Waals surface area contributed by atoms with Crippen LogP contribution in [-0.2, 0) is 22.5 Å². The normalized spacial score (nSPS) is 12.8. The Morgan fingerprint density at radius 3 is 2.69 bits per heavy atom. The molecule has 90 valence electrons. The first-order valence-electron chi connectivity index (χ1n) is 5.23. The van der Waals surface area contributed by atoms with Gasteiger partial charge in [0.1, 0.15) is 0 Å². The van der Waals surface area contributed by atoms with E-state index < -0.39 is 5.97 Å². The van der Waals surface area contributed by atoms with E-state index in [0.29, 0.717) is 6.54 Å². The molecule has 1 N–H and O–H groups in total. The van der Waals surface area contributed by atoms with Gasteiger partial charge in [-0.05, 0) is 20.8 Å². The van der Waals surface area contributed by atoms with Gasteiger partial charge in [-0.15, -0.1) is 0 Å². The molecule has 0 aliphatic rings. The summed E-state index contributed by atoms with van der Waals surface area (Å²) in [6.07, 6.45) is 0.0923.